The minimum atomic E-state index is -3.46. The van der Waals surface area contributed by atoms with Crippen LogP contribution in [-0.4, -0.2) is 20.6 Å². The van der Waals surface area contributed by atoms with E-state index in [9.17, 15) is 8.42 Å². The van der Waals surface area contributed by atoms with Crippen molar-refractivity contribution in [1.29, 1.82) is 0 Å². The summed E-state index contributed by atoms with van der Waals surface area (Å²) in [5.41, 5.74) is 0.608. The summed E-state index contributed by atoms with van der Waals surface area (Å²) in [5.74, 6) is 0. The van der Waals surface area contributed by atoms with Crippen molar-refractivity contribution in [2.24, 2.45) is 0 Å². The Balaban J connectivity index is 2.74. The molecule has 0 amide bonds. The molecule has 0 aliphatic carbocycles. The maximum atomic E-state index is 11.6. The molecule has 0 aromatic heterocycles. The smallest absolute Gasteiger partial charge is 0.265 e. The standard InChI is InChI=1S/C8H8N2O2S2/c1-10-6-4-2-3-5-7(6)14(11,12)9-8(10)13/h2-5H,1H3,(H,9,13). The molecule has 1 aliphatic rings. The van der Waals surface area contributed by atoms with Gasteiger partial charge < -0.3 is 4.90 Å². The number of nitrogens with zero attached hydrogens (tertiary/aromatic N) is 1. The van der Waals surface area contributed by atoms with E-state index in [4.69, 9.17) is 12.2 Å². The molecule has 4 nitrogen and oxygen atoms in total. The molecule has 0 fully saturated rings. The van der Waals surface area contributed by atoms with Crippen LogP contribution in [0.15, 0.2) is 29.2 Å². The Morgan fingerprint density at radius 3 is 2.71 bits per heavy atom. The number of thiocarbonyl (C=S) groups is 1. The summed E-state index contributed by atoms with van der Waals surface area (Å²) >= 11 is 4.89. The molecule has 1 heterocycles. The maximum absolute atomic E-state index is 11.6. The van der Waals surface area contributed by atoms with Gasteiger partial charge in [-0.15, -0.1) is 0 Å². The van der Waals surface area contributed by atoms with Gasteiger partial charge in [-0.2, -0.15) is 0 Å². The van der Waals surface area contributed by atoms with E-state index in [2.05, 4.69) is 4.72 Å². The molecule has 0 spiro atoms. The van der Waals surface area contributed by atoms with Gasteiger partial charge in [0.15, 0.2) is 5.11 Å². The summed E-state index contributed by atoms with van der Waals surface area (Å²) in [6.45, 7) is 0. The fourth-order valence-corrected chi connectivity index (χ4v) is 2.95. The molecular weight excluding hydrogens is 220 g/mol. The van der Waals surface area contributed by atoms with Crippen LogP contribution in [0.3, 0.4) is 0 Å². The summed E-state index contributed by atoms with van der Waals surface area (Å²) in [6.07, 6.45) is 0. The summed E-state index contributed by atoms with van der Waals surface area (Å²) < 4.78 is 25.5. The third kappa shape index (κ3) is 1.27. The van der Waals surface area contributed by atoms with Crippen molar-refractivity contribution in [3.63, 3.8) is 0 Å². The first-order chi connectivity index (χ1) is 6.52. The Morgan fingerprint density at radius 2 is 2.00 bits per heavy atom. The van der Waals surface area contributed by atoms with Gasteiger partial charge in [0.1, 0.15) is 4.90 Å². The van der Waals surface area contributed by atoms with E-state index >= 15 is 0 Å². The molecule has 1 aliphatic heterocycles. The van der Waals surface area contributed by atoms with Crippen molar-refractivity contribution in [2.45, 2.75) is 4.90 Å². The number of sulfonamides is 1. The first-order valence-electron chi connectivity index (χ1n) is 3.92. The van der Waals surface area contributed by atoms with Crippen LogP contribution < -0.4 is 9.62 Å². The van der Waals surface area contributed by atoms with Crippen LogP contribution in [0.2, 0.25) is 0 Å². The summed E-state index contributed by atoms with van der Waals surface area (Å²) in [7, 11) is -1.73. The van der Waals surface area contributed by atoms with Crippen molar-refractivity contribution in [3.8, 4) is 0 Å². The van der Waals surface area contributed by atoms with Crippen LogP contribution >= 0.6 is 12.2 Å². The Kier molecular flexibility index (Phi) is 1.97. The van der Waals surface area contributed by atoms with Gasteiger partial charge in [0.05, 0.1) is 5.69 Å². The number of hydrogen-bond donors (Lipinski definition) is 1. The van der Waals surface area contributed by atoms with Gasteiger partial charge in [0.2, 0.25) is 0 Å². The molecule has 2 rings (SSSR count). The summed E-state index contributed by atoms with van der Waals surface area (Å²) in [5, 5.41) is 0.198. The molecule has 6 heteroatoms. The van der Waals surface area contributed by atoms with Crippen LogP contribution in [0.5, 0.6) is 0 Å². The molecular formula is C8H8N2O2S2. The predicted octanol–water partition coefficient (Wildman–Crippen LogP) is 0.700. The molecule has 0 bridgehead atoms. The number of anilines is 1. The normalized spacial score (nSPS) is 18.6. The summed E-state index contributed by atoms with van der Waals surface area (Å²) in [6, 6.07) is 6.73. The minimum Gasteiger partial charge on any atom is -0.320 e. The molecule has 0 atom stereocenters. The average molecular weight is 228 g/mol. The lowest BCUT2D eigenvalue weighted by Gasteiger charge is -2.28. The van der Waals surface area contributed by atoms with E-state index in [1.165, 1.54) is 0 Å². The Labute approximate surface area is 87.6 Å². The molecule has 0 saturated carbocycles. The van der Waals surface area contributed by atoms with Crippen LogP contribution in [0.4, 0.5) is 5.69 Å². The van der Waals surface area contributed by atoms with Crippen molar-refractivity contribution in [2.75, 3.05) is 11.9 Å². The van der Waals surface area contributed by atoms with Crippen molar-refractivity contribution in [3.05, 3.63) is 24.3 Å². The lowest BCUT2D eigenvalue weighted by atomic mass is 10.3. The number of benzene rings is 1. The zero-order chi connectivity index (χ0) is 10.3. The fraction of sp³-hybridized carbons (Fsp3) is 0.125. The van der Waals surface area contributed by atoms with Gasteiger partial charge in [0, 0.05) is 7.05 Å². The second-order valence-corrected chi connectivity index (χ2v) is 4.97. The highest BCUT2D eigenvalue weighted by Crippen LogP contribution is 2.27. The zero-order valence-electron chi connectivity index (χ0n) is 7.39. The van der Waals surface area contributed by atoms with Gasteiger partial charge in [-0.1, -0.05) is 12.1 Å². The van der Waals surface area contributed by atoms with E-state index in [-0.39, 0.29) is 10.0 Å². The SMILES string of the molecule is CN1C(=S)NS(=O)(=O)c2ccccc21. The van der Waals surface area contributed by atoms with Crippen molar-refractivity contribution >= 4 is 33.0 Å². The first kappa shape index (κ1) is 9.42. The van der Waals surface area contributed by atoms with Gasteiger partial charge in [-0.3, -0.25) is 4.72 Å². The second-order valence-electron chi connectivity index (χ2n) is 2.94. The molecule has 14 heavy (non-hydrogen) atoms. The predicted molar refractivity (Wildman–Crippen MR) is 57.8 cm³/mol. The van der Waals surface area contributed by atoms with Crippen molar-refractivity contribution in [1.82, 2.24) is 4.72 Å². The molecule has 1 aromatic carbocycles. The van der Waals surface area contributed by atoms with Crippen LogP contribution in [0.25, 0.3) is 0 Å². The highest BCUT2D eigenvalue weighted by atomic mass is 32.2. The average Bonchev–Trinajstić information content (AvgIpc) is 2.14. The molecule has 0 radical (unpaired) electrons. The third-order valence-electron chi connectivity index (χ3n) is 2.04. The Hall–Kier alpha value is -1.14. The van der Waals surface area contributed by atoms with Crippen molar-refractivity contribution < 1.29 is 8.42 Å². The molecule has 0 saturated heterocycles. The molecule has 1 N–H and O–H groups in total. The van der Waals surface area contributed by atoms with E-state index in [1.807, 2.05) is 0 Å². The van der Waals surface area contributed by atoms with Gasteiger partial charge in [-0.25, -0.2) is 8.42 Å². The van der Waals surface area contributed by atoms with Crippen LogP contribution in [-0.2, 0) is 10.0 Å². The maximum Gasteiger partial charge on any atom is 0.265 e. The van der Waals surface area contributed by atoms with E-state index in [0.717, 1.165) is 0 Å². The molecule has 1 aromatic rings. The first-order valence-corrected chi connectivity index (χ1v) is 5.81. The minimum absolute atomic E-state index is 0.198. The largest absolute Gasteiger partial charge is 0.320 e. The van der Waals surface area contributed by atoms with E-state index < -0.39 is 10.0 Å². The van der Waals surface area contributed by atoms with E-state index in [0.29, 0.717) is 5.69 Å². The number of hydrogen-bond acceptors (Lipinski definition) is 3. The fourth-order valence-electron chi connectivity index (χ4n) is 1.31. The van der Waals surface area contributed by atoms with Gasteiger partial charge in [0.25, 0.3) is 10.0 Å². The zero-order valence-corrected chi connectivity index (χ0v) is 9.02. The topological polar surface area (TPSA) is 49.4 Å². The lowest BCUT2D eigenvalue weighted by molar-refractivity contribution is 0.591. The summed E-state index contributed by atoms with van der Waals surface area (Å²) in [4.78, 5) is 1.89. The monoisotopic (exact) mass is 228 g/mol. The Morgan fingerprint density at radius 1 is 1.36 bits per heavy atom. The third-order valence-corrected chi connectivity index (χ3v) is 3.93. The quantitative estimate of drug-likeness (QED) is 0.664. The highest BCUT2D eigenvalue weighted by Gasteiger charge is 2.28. The second kappa shape index (κ2) is 2.93. The number of nitrogens with one attached hydrogen (secondary N) is 1. The van der Waals surface area contributed by atoms with Crippen LogP contribution in [0.1, 0.15) is 0 Å². The van der Waals surface area contributed by atoms with E-state index in [1.54, 1.807) is 36.2 Å². The molecule has 0 unspecified atom stereocenters. The van der Waals surface area contributed by atoms with Gasteiger partial charge >= 0.3 is 0 Å². The number of rotatable bonds is 0. The number of para-hydroxylation sites is 1. The Bertz CT molecular complexity index is 496. The number of fused-ring (bicyclic) bond motifs is 1. The lowest BCUT2D eigenvalue weighted by Crippen LogP contribution is -2.45. The highest BCUT2D eigenvalue weighted by molar-refractivity contribution is 7.92. The molecule has 74 valence electrons. The van der Waals surface area contributed by atoms with Crippen LogP contribution in [0, 0.1) is 0 Å². The van der Waals surface area contributed by atoms with Gasteiger partial charge in [-0.05, 0) is 24.4 Å².